The summed E-state index contributed by atoms with van der Waals surface area (Å²) in [5, 5.41) is 12.2. The number of fused-ring (bicyclic) bond motifs is 1. The number of nitrogens with one attached hydrogen (secondary N) is 1. The molecule has 1 aliphatic rings. The van der Waals surface area contributed by atoms with Gasteiger partial charge < -0.3 is 10.1 Å². The summed E-state index contributed by atoms with van der Waals surface area (Å²) in [6.07, 6.45) is 0.558. The molecule has 0 saturated carbocycles. The van der Waals surface area contributed by atoms with Gasteiger partial charge in [0.05, 0.1) is 40.6 Å². The first-order valence-corrected chi connectivity index (χ1v) is 11.9. The van der Waals surface area contributed by atoms with E-state index in [2.05, 4.69) is 5.32 Å². The number of nitrogens with zero attached hydrogens (tertiary/aromatic N) is 2. The Bertz CT molecular complexity index is 1450. The molecule has 0 aromatic heterocycles. The van der Waals surface area contributed by atoms with E-state index in [0.29, 0.717) is 23.7 Å². The first-order chi connectivity index (χ1) is 16.2. The largest absolute Gasteiger partial charge is 0.465 e. The lowest BCUT2D eigenvalue weighted by Crippen LogP contribution is -2.29. The maximum absolute atomic E-state index is 13.2. The third-order valence-corrected chi connectivity index (χ3v) is 7.46. The summed E-state index contributed by atoms with van der Waals surface area (Å²) in [4.78, 5) is 24.8. The van der Waals surface area contributed by atoms with Gasteiger partial charge >= 0.3 is 5.97 Å². The van der Waals surface area contributed by atoms with E-state index < -0.39 is 21.9 Å². The highest BCUT2D eigenvalue weighted by molar-refractivity contribution is 7.92. The molecule has 3 aromatic rings. The number of anilines is 2. The van der Waals surface area contributed by atoms with Gasteiger partial charge in [-0.1, -0.05) is 11.6 Å². The minimum absolute atomic E-state index is 0.0295. The highest BCUT2D eigenvalue weighted by atomic mass is 35.5. The van der Waals surface area contributed by atoms with E-state index in [4.69, 9.17) is 21.6 Å². The second-order valence-corrected chi connectivity index (χ2v) is 9.74. The highest BCUT2D eigenvalue weighted by Crippen LogP contribution is 2.34. The van der Waals surface area contributed by atoms with Crippen LogP contribution < -0.4 is 9.62 Å². The van der Waals surface area contributed by atoms with Gasteiger partial charge in [-0.3, -0.25) is 9.10 Å². The average molecular weight is 496 g/mol. The van der Waals surface area contributed by atoms with Crippen LogP contribution in [-0.4, -0.2) is 33.9 Å². The quantitative estimate of drug-likeness (QED) is 0.535. The van der Waals surface area contributed by atoms with Crippen molar-refractivity contribution in [1.82, 2.24) is 0 Å². The molecule has 0 atom stereocenters. The van der Waals surface area contributed by atoms with Crippen LogP contribution >= 0.6 is 11.6 Å². The van der Waals surface area contributed by atoms with E-state index in [9.17, 15) is 18.0 Å². The molecule has 1 amide bonds. The monoisotopic (exact) mass is 495 g/mol. The molecule has 0 bridgehead atoms. The number of esters is 1. The molecule has 1 aliphatic heterocycles. The first-order valence-electron chi connectivity index (χ1n) is 10.1. The van der Waals surface area contributed by atoms with Crippen molar-refractivity contribution in [3.63, 3.8) is 0 Å². The van der Waals surface area contributed by atoms with E-state index in [0.717, 1.165) is 5.56 Å². The number of carbonyl (C=O) groups excluding carboxylic acids is 2. The fourth-order valence-electron chi connectivity index (χ4n) is 3.69. The maximum atomic E-state index is 13.2. The Labute approximate surface area is 201 Å². The highest BCUT2D eigenvalue weighted by Gasteiger charge is 2.31. The molecule has 0 fully saturated rings. The minimum Gasteiger partial charge on any atom is -0.465 e. The predicted molar refractivity (Wildman–Crippen MR) is 127 cm³/mol. The van der Waals surface area contributed by atoms with Crippen LogP contribution in [0.1, 0.15) is 31.8 Å². The van der Waals surface area contributed by atoms with Gasteiger partial charge in [0.2, 0.25) is 0 Å². The summed E-state index contributed by atoms with van der Waals surface area (Å²) in [6.45, 7) is 0.301. The zero-order chi connectivity index (χ0) is 24.5. The Balaban J connectivity index is 1.57. The van der Waals surface area contributed by atoms with Crippen LogP contribution in [0.5, 0.6) is 0 Å². The average Bonchev–Trinajstić information content (AvgIpc) is 3.27. The molecule has 3 aromatic carbocycles. The summed E-state index contributed by atoms with van der Waals surface area (Å²) < 4.78 is 32.4. The lowest BCUT2D eigenvalue weighted by atomic mass is 10.1. The van der Waals surface area contributed by atoms with Gasteiger partial charge in [0.15, 0.2) is 0 Å². The van der Waals surface area contributed by atoms with Crippen molar-refractivity contribution in [2.75, 3.05) is 23.3 Å². The fourth-order valence-corrected chi connectivity index (χ4v) is 5.39. The van der Waals surface area contributed by atoms with Gasteiger partial charge in [0.25, 0.3) is 15.9 Å². The third kappa shape index (κ3) is 4.33. The number of amides is 1. The molecule has 4 rings (SSSR count). The Morgan fingerprint density at radius 1 is 1.09 bits per heavy atom. The van der Waals surface area contributed by atoms with Crippen LogP contribution in [0.15, 0.2) is 65.6 Å². The fraction of sp³-hybridized carbons (Fsp3) is 0.125. The van der Waals surface area contributed by atoms with Crippen LogP contribution in [0.25, 0.3) is 0 Å². The summed E-state index contributed by atoms with van der Waals surface area (Å²) in [7, 11) is -2.63. The van der Waals surface area contributed by atoms with Crippen molar-refractivity contribution < 1.29 is 22.7 Å². The number of carbonyl (C=O) groups is 2. The Hall–Kier alpha value is -3.87. The second-order valence-electron chi connectivity index (χ2n) is 7.44. The van der Waals surface area contributed by atoms with Crippen molar-refractivity contribution in [3.05, 3.63) is 87.9 Å². The van der Waals surface area contributed by atoms with Gasteiger partial charge in [0.1, 0.15) is 0 Å². The molecular weight excluding hydrogens is 478 g/mol. The van der Waals surface area contributed by atoms with Crippen molar-refractivity contribution in [2.24, 2.45) is 0 Å². The normalized spacial score (nSPS) is 12.6. The smallest absolute Gasteiger partial charge is 0.340 e. The number of rotatable bonds is 5. The molecule has 1 N–H and O–H groups in total. The van der Waals surface area contributed by atoms with Crippen LogP contribution in [0.3, 0.4) is 0 Å². The summed E-state index contributed by atoms with van der Waals surface area (Å²) >= 11 is 6.01. The van der Waals surface area contributed by atoms with E-state index >= 15 is 0 Å². The second kappa shape index (κ2) is 9.17. The van der Waals surface area contributed by atoms with Crippen molar-refractivity contribution in [1.29, 1.82) is 5.26 Å². The SMILES string of the molecule is COC(=O)c1cc(C#N)ccc1NC(=O)c1ccc(S(=O)(=O)N2CCc3cc(Cl)ccc32)cc1. The summed E-state index contributed by atoms with van der Waals surface area (Å²) in [5.41, 5.74) is 2.06. The number of sulfonamides is 1. The van der Waals surface area contributed by atoms with E-state index in [-0.39, 0.29) is 27.3 Å². The van der Waals surface area contributed by atoms with Crippen LogP contribution in [0.4, 0.5) is 11.4 Å². The lowest BCUT2D eigenvalue weighted by Gasteiger charge is -2.19. The summed E-state index contributed by atoms with van der Waals surface area (Å²) in [6, 6.07) is 16.7. The van der Waals surface area contributed by atoms with Crippen molar-refractivity contribution in [2.45, 2.75) is 11.3 Å². The molecule has 34 heavy (non-hydrogen) atoms. The van der Waals surface area contributed by atoms with E-state index in [1.807, 2.05) is 6.07 Å². The van der Waals surface area contributed by atoms with Gasteiger partial charge in [-0.25, -0.2) is 13.2 Å². The van der Waals surface area contributed by atoms with Gasteiger partial charge in [-0.2, -0.15) is 5.26 Å². The number of hydrogen-bond acceptors (Lipinski definition) is 6. The molecule has 0 unspecified atom stereocenters. The molecule has 0 saturated heterocycles. The van der Waals surface area contributed by atoms with E-state index in [1.165, 1.54) is 53.9 Å². The van der Waals surface area contributed by atoms with Gasteiger partial charge in [0, 0.05) is 17.1 Å². The number of benzene rings is 3. The number of methoxy groups -OCH3 is 1. The van der Waals surface area contributed by atoms with Crippen molar-refractivity contribution in [3.8, 4) is 6.07 Å². The molecule has 0 aliphatic carbocycles. The van der Waals surface area contributed by atoms with E-state index in [1.54, 1.807) is 18.2 Å². The maximum Gasteiger partial charge on any atom is 0.340 e. The number of hydrogen-bond donors (Lipinski definition) is 1. The number of halogens is 1. The Morgan fingerprint density at radius 3 is 2.50 bits per heavy atom. The van der Waals surface area contributed by atoms with Crippen LogP contribution in [0.2, 0.25) is 5.02 Å². The summed E-state index contributed by atoms with van der Waals surface area (Å²) in [5.74, 6) is -1.26. The van der Waals surface area contributed by atoms with Crippen LogP contribution in [0, 0.1) is 11.3 Å². The molecule has 10 heteroatoms. The topological polar surface area (TPSA) is 117 Å². The number of nitriles is 1. The molecule has 172 valence electrons. The Morgan fingerprint density at radius 2 is 1.82 bits per heavy atom. The predicted octanol–water partition coefficient (Wildman–Crippen LogP) is 4.00. The lowest BCUT2D eigenvalue weighted by molar-refractivity contribution is 0.0602. The molecule has 1 heterocycles. The minimum atomic E-state index is -3.83. The zero-order valence-electron chi connectivity index (χ0n) is 17.9. The van der Waals surface area contributed by atoms with Gasteiger partial charge in [-0.15, -0.1) is 0 Å². The van der Waals surface area contributed by atoms with Gasteiger partial charge in [-0.05, 0) is 72.6 Å². The zero-order valence-corrected chi connectivity index (χ0v) is 19.5. The number of ether oxygens (including phenoxy) is 1. The first kappa shape index (κ1) is 23.3. The molecular formula is C24H18ClN3O5S. The third-order valence-electron chi connectivity index (χ3n) is 5.40. The molecule has 0 spiro atoms. The van der Waals surface area contributed by atoms with Crippen LogP contribution in [-0.2, 0) is 21.2 Å². The van der Waals surface area contributed by atoms with Crippen molar-refractivity contribution >= 4 is 44.9 Å². The standard InChI is InChI=1S/C24H18ClN3O5S/c1-33-24(30)20-12-15(14-26)2-8-21(20)27-23(29)16-3-6-19(7-4-16)34(31,32)28-11-10-17-13-18(25)5-9-22(17)28/h2-9,12-13H,10-11H2,1H3,(H,27,29). The molecule has 8 nitrogen and oxygen atoms in total. The molecule has 0 radical (unpaired) electrons. The Kier molecular flexibility index (Phi) is 6.28.